The highest BCUT2D eigenvalue weighted by Crippen LogP contribution is 2.25. The maximum atomic E-state index is 11.9. The number of aliphatic hydroxyl groups excluding tert-OH is 2. The summed E-state index contributed by atoms with van der Waals surface area (Å²) in [5.74, 6) is -0.868. The van der Waals surface area contributed by atoms with Crippen molar-refractivity contribution >= 4 is 5.78 Å². The zero-order chi connectivity index (χ0) is 13.3. The summed E-state index contributed by atoms with van der Waals surface area (Å²) < 4.78 is 0. The number of rotatable bonds is 3. The van der Waals surface area contributed by atoms with Crippen molar-refractivity contribution in [2.45, 2.75) is 12.2 Å². The van der Waals surface area contributed by atoms with Gasteiger partial charge in [0.15, 0.2) is 17.3 Å². The minimum atomic E-state index is -0.828. The summed E-state index contributed by atoms with van der Waals surface area (Å²) in [4.78, 5) is 13.5. The fourth-order valence-corrected chi connectivity index (χ4v) is 1.97. The third-order valence-electron chi connectivity index (χ3n) is 3.00. The minimum Gasteiger partial charge on any atom is -0.504 e. The smallest absolute Gasteiger partial charge is 0.176 e. The molecule has 4 N–H and O–H groups in total. The van der Waals surface area contributed by atoms with E-state index in [1.165, 1.54) is 18.2 Å². The van der Waals surface area contributed by atoms with Gasteiger partial charge in [-0.1, -0.05) is 0 Å². The van der Waals surface area contributed by atoms with Crippen LogP contribution in [0.2, 0.25) is 0 Å². The summed E-state index contributed by atoms with van der Waals surface area (Å²) >= 11 is 0. The average molecular weight is 253 g/mol. The van der Waals surface area contributed by atoms with E-state index in [0.717, 1.165) is 0 Å². The molecule has 1 aromatic carbocycles. The lowest BCUT2D eigenvalue weighted by Crippen LogP contribution is -2.28. The molecule has 1 aromatic rings. The van der Waals surface area contributed by atoms with Crippen molar-refractivity contribution < 1.29 is 25.2 Å². The van der Waals surface area contributed by atoms with E-state index < -0.39 is 12.2 Å². The molecule has 18 heavy (non-hydrogen) atoms. The fraction of sp³-hybridized carbons (Fsp3) is 0.417. The van der Waals surface area contributed by atoms with Crippen molar-refractivity contribution in [1.82, 2.24) is 4.90 Å². The summed E-state index contributed by atoms with van der Waals surface area (Å²) in [6.45, 7) is 0.548. The van der Waals surface area contributed by atoms with Crippen molar-refractivity contribution in [3.05, 3.63) is 23.8 Å². The number of carbonyl (C=O) groups excluding carboxylic acids is 1. The average Bonchev–Trinajstić information content (AvgIpc) is 2.61. The predicted molar refractivity (Wildman–Crippen MR) is 62.6 cm³/mol. The monoisotopic (exact) mass is 253 g/mol. The Labute approximate surface area is 104 Å². The van der Waals surface area contributed by atoms with Gasteiger partial charge >= 0.3 is 0 Å². The van der Waals surface area contributed by atoms with Crippen LogP contribution in [0, 0.1) is 0 Å². The van der Waals surface area contributed by atoms with Gasteiger partial charge in [-0.05, 0) is 18.2 Å². The van der Waals surface area contributed by atoms with E-state index in [0.29, 0.717) is 0 Å². The Morgan fingerprint density at radius 3 is 2.33 bits per heavy atom. The highest BCUT2D eigenvalue weighted by molar-refractivity contribution is 5.98. The van der Waals surface area contributed by atoms with Crippen LogP contribution in [-0.2, 0) is 0 Å². The van der Waals surface area contributed by atoms with E-state index in [-0.39, 0.29) is 42.5 Å². The molecular weight excluding hydrogens is 238 g/mol. The molecule has 98 valence electrons. The van der Waals surface area contributed by atoms with E-state index in [4.69, 9.17) is 5.11 Å². The molecule has 6 heteroatoms. The molecule has 0 aromatic heterocycles. The second kappa shape index (κ2) is 4.93. The van der Waals surface area contributed by atoms with Crippen molar-refractivity contribution in [3.8, 4) is 11.5 Å². The van der Waals surface area contributed by atoms with Crippen LogP contribution < -0.4 is 0 Å². The Morgan fingerprint density at radius 1 is 1.17 bits per heavy atom. The van der Waals surface area contributed by atoms with Crippen LogP contribution in [0.5, 0.6) is 11.5 Å². The van der Waals surface area contributed by atoms with Gasteiger partial charge in [0.1, 0.15) is 0 Å². The number of phenols is 2. The van der Waals surface area contributed by atoms with Crippen molar-refractivity contribution in [1.29, 1.82) is 0 Å². The lowest BCUT2D eigenvalue weighted by atomic mass is 10.1. The Hall–Kier alpha value is -1.63. The van der Waals surface area contributed by atoms with E-state index in [2.05, 4.69) is 0 Å². The molecule has 0 spiro atoms. The molecule has 2 unspecified atom stereocenters. The van der Waals surface area contributed by atoms with Crippen LogP contribution in [0.4, 0.5) is 0 Å². The summed E-state index contributed by atoms with van der Waals surface area (Å²) in [6.07, 6.45) is -1.66. The summed E-state index contributed by atoms with van der Waals surface area (Å²) in [7, 11) is 0. The van der Waals surface area contributed by atoms with Gasteiger partial charge in [0, 0.05) is 18.7 Å². The zero-order valence-corrected chi connectivity index (χ0v) is 9.65. The van der Waals surface area contributed by atoms with Crippen molar-refractivity contribution in [3.63, 3.8) is 0 Å². The lowest BCUT2D eigenvalue weighted by molar-refractivity contribution is 0.0572. The SMILES string of the molecule is O=C(CN1CC(O)C(O)C1)c1ccc(O)c(O)c1. The molecule has 6 nitrogen and oxygen atoms in total. The Balaban J connectivity index is 2.02. The topological polar surface area (TPSA) is 101 Å². The number of Topliss-reactive ketones (excluding diaryl/α,β-unsaturated/α-hetero) is 1. The molecule has 1 aliphatic rings. The zero-order valence-electron chi connectivity index (χ0n) is 9.65. The van der Waals surface area contributed by atoms with Crippen LogP contribution in [0.3, 0.4) is 0 Å². The number of benzene rings is 1. The van der Waals surface area contributed by atoms with Crippen LogP contribution in [0.25, 0.3) is 0 Å². The maximum absolute atomic E-state index is 11.9. The third kappa shape index (κ3) is 2.61. The minimum absolute atomic E-state index is 0.0539. The van der Waals surface area contributed by atoms with E-state index >= 15 is 0 Å². The molecule has 1 fully saturated rings. The first kappa shape index (κ1) is 12.8. The molecule has 1 aliphatic heterocycles. The normalized spacial score (nSPS) is 24.3. The molecule has 1 saturated heterocycles. The number of hydrogen-bond acceptors (Lipinski definition) is 6. The van der Waals surface area contributed by atoms with Crippen molar-refractivity contribution in [2.75, 3.05) is 19.6 Å². The number of β-amino-alcohol motifs (C(OH)–C–C–N with tert-alkyl or cyclic N) is 2. The third-order valence-corrected chi connectivity index (χ3v) is 3.00. The van der Waals surface area contributed by atoms with Crippen molar-refractivity contribution in [2.24, 2.45) is 0 Å². The van der Waals surface area contributed by atoms with Gasteiger partial charge in [-0.3, -0.25) is 9.69 Å². The first-order valence-corrected chi connectivity index (χ1v) is 5.61. The van der Waals surface area contributed by atoms with Gasteiger partial charge in [-0.15, -0.1) is 0 Å². The van der Waals surface area contributed by atoms with Gasteiger partial charge in [-0.25, -0.2) is 0 Å². The number of nitrogens with zero attached hydrogens (tertiary/aromatic N) is 1. The molecule has 0 aliphatic carbocycles. The second-order valence-corrected chi connectivity index (χ2v) is 4.46. The van der Waals surface area contributed by atoms with E-state index in [1.54, 1.807) is 4.90 Å². The summed E-state index contributed by atoms with van der Waals surface area (Å²) in [6, 6.07) is 3.86. The molecule has 2 atom stereocenters. The quantitative estimate of drug-likeness (QED) is 0.420. The van der Waals surface area contributed by atoms with Crippen LogP contribution in [0.1, 0.15) is 10.4 Å². The molecule has 0 radical (unpaired) electrons. The van der Waals surface area contributed by atoms with Gasteiger partial charge < -0.3 is 20.4 Å². The van der Waals surface area contributed by atoms with Crippen LogP contribution >= 0.6 is 0 Å². The van der Waals surface area contributed by atoms with E-state index in [9.17, 15) is 20.1 Å². The standard InChI is InChI=1S/C12H15NO5/c14-8-2-1-7(3-9(8)15)10(16)4-13-5-11(17)12(18)6-13/h1-3,11-12,14-15,17-18H,4-6H2. The van der Waals surface area contributed by atoms with Gasteiger partial charge in [0.2, 0.25) is 0 Å². The largest absolute Gasteiger partial charge is 0.504 e. The van der Waals surface area contributed by atoms with Crippen LogP contribution in [-0.4, -0.2) is 63.0 Å². The predicted octanol–water partition coefficient (Wildman–Crippen LogP) is -0.682. The van der Waals surface area contributed by atoms with E-state index in [1.807, 2.05) is 0 Å². The first-order chi connectivity index (χ1) is 8.47. The maximum Gasteiger partial charge on any atom is 0.176 e. The summed E-state index contributed by atoms with van der Waals surface area (Å²) in [5.41, 5.74) is 0.279. The highest BCUT2D eigenvalue weighted by Gasteiger charge is 2.30. The van der Waals surface area contributed by atoms with Crippen LogP contribution in [0.15, 0.2) is 18.2 Å². The molecule has 0 saturated carbocycles. The Bertz CT molecular complexity index is 452. The molecular formula is C12H15NO5. The van der Waals surface area contributed by atoms with Gasteiger partial charge in [0.25, 0.3) is 0 Å². The summed E-state index contributed by atoms with van der Waals surface area (Å²) in [5, 5.41) is 37.2. The number of aromatic hydroxyl groups is 2. The van der Waals surface area contributed by atoms with Gasteiger partial charge in [-0.2, -0.15) is 0 Å². The molecule has 0 bridgehead atoms. The number of ketones is 1. The number of aliphatic hydroxyl groups is 2. The first-order valence-electron chi connectivity index (χ1n) is 5.61. The molecule has 2 rings (SSSR count). The highest BCUT2D eigenvalue weighted by atomic mass is 16.3. The Morgan fingerprint density at radius 2 is 1.78 bits per heavy atom. The number of likely N-dealkylation sites (tertiary alicyclic amines) is 1. The van der Waals surface area contributed by atoms with Gasteiger partial charge in [0.05, 0.1) is 18.8 Å². The second-order valence-electron chi connectivity index (χ2n) is 4.46. The Kier molecular flexibility index (Phi) is 3.51. The molecule has 0 amide bonds. The molecule has 1 heterocycles. The lowest BCUT2D eigenvalue weighted by Gasteiger charge is -2.13. The number of carbonyl (C=O) groups is 1. The number of hydrogen-bond donors (Lipinski definition) is 4. The number of phenolic OH excluding ortho intramolecular Hbond substituents is 2. The fourth-order valence-electron chi connectivity index (χ4n) is 1.97.